The van der Waals surface area contributed by atoms with Crippen molar-refractivity contribution < 1.29 is 9.59 Å². The van der Waals surface area contributed by atoms with Gasteiger partial charge in [-0.1, -0.05) is 18.2 Å². The van der Waals surface area contributed by atoms with E-state index in [0.29, 0.717) is 0 Å². The van der Waals surface area contributed by atoms with Gasteiger partial charge in [-0.2, -0.15) is 0 Å². The first-order valence-corrected chi connectivity index (χ1v) is 7.82. The Morgan fingerprint density at radius 1 is 1.25 bits per heavy atom. The standard InChI is InChI=1S/C15H20N2O2S/c1-12(20-13-7-3-2-4-8-13)15(19)16-11-14(18)17-9-5-6-10-17/h2-4,7-8,12H,5-6,9-11H2,1H3,(H,16,19)/t12-/m1/s1. The van der Waals surface area contributed by atoms with Crippen molar-refractivity contribution in [2.75, 3.05) is 19.6 Å². The second kappa shape index (κ2) is 7.33. The van der Waals surface area contributed by atoms with Crippen LogP contribution in [0.25, 0.3) is 0 Å². The minimum absolute atomic E-state index is 0.0211. The molecular weight excluding hydrogens is 272 g/mol. The zero-order chi connectivity index (χ0) is 14.4. The van der Waals surface area contributed by atoms with Gasteiger partial charge in [-0.05, 0) is 31.9 Å². The molecule has 1 aliphatic rings. The second-order valence-electron chi connectivity index (χ2n) is 4.88. The number of carbonyl (C=O) groups excluding carboxylic acids is 2. The smallest absolute Gasteiger partial charge is 0.241 e. The molecular formula is C15H20N2O2S. The van der Waals surface area contributed by atoms with E-state index in [1.54, 1.807) is 0 Å². The summed E-state index contributed by atoms with van der Waals surface area (Å²) in [6, 6.07) is 9.80. The Morgan fingerprint density at radius 3 is 2.55 bits per heavy atom. The van der Waals surface area contributed by atoms with E-state index in [1.165, 1.54) is 11.8 Å². The Morgan fingerprint density at radius 2 is 1.90 bits per heavy atom. The monoisotopic (exact) mass is 292 g/mol. The van der Waals surface area contributed by atoms with Crippen LogP contribution in [0.2, 0.25) is 0 Å². The van der Waals surface area contributed by atoms with Crippen LogP contribution in [0.3, 0.4) is 0 Å². The van der Waals surface area contributed by atoms with Gasteiger partial charge in [-0.3, -0.25) is 9.59 Å². The van der Waals surface area contributed by atoms with Gasteiger partial charge in [-0.25, -0.2) is 0 Å². The Bertz CT molecular complexity index is 458. The maximum atomic E-state index is 12.0. The topological polar surface area (TPSA) is 49.4 Å². The SMILES string of the molecule is C[C@@H](Sc1ccccc1)C(=O)NCC(=O)N1CCCC1. The maximum Gasteiger partial charge on any atom is 0.241 e. The van der Waals surface area contributed by atoms with Crippen LogP contribution in [0.15, 0.2) is 35.2 Å². The number of benzene rings is 1. The van der Waals surface area contributed by atoms with Crippen LogP contribution < -0.4 is 5.32 Å². The molecule has 4 nitrogen and oxygen atoms in total. The summed E-state index contributed by atoms with van der Waals surface area (Å²) in [5, 5.41) is 2.52. The van der Waals surface area contributed by atoms with Crippen LogP contribution in [-0.2, 0) is 9.59 Å². The molecule has 2 amide bonds. The minimum Gasteiger partial charge on any atom is -0.346 e. The highest BCUT2D eigenvalue weighted by Gasteiger charge is 2.20. The second-order valence-corrected chi connectivity index (χ2v) is 6.29. The van der Waals surface area contributed by atoms with Crippen molar-refractivity contribution in [1.29, 1.82) is 0 Å². The lowest BCUT2D eigenvalue weighted by atomic mass is 10.4. The van der Waals surface area contributed by atoms with Crippen LogP contribution in [0.5, 0.6) is 0 Å². The van der Waals surface area contributed by atoms with Crippen LogP contribution >= 0.6 is 11.8 Å². The van der Waals surface area contributed by atoms with Crippen molar-refractivity contribution in [3.8, 4) is 0 Å². The summed E-state index contributed by atoms with van der Waals surface area (Å²) in [6.45, 7) is 3.61. The van der Waals surface area contributed by atoms with Crippen LogP contribution in [0.4, 0.5) is 0 Å². The molecule has 1 N–H and O–H groups in total. The fourth-order valence-corrected chi connectivity index (χ4v) is 3.05. The third kappa shape index (κ3) is 4.27. The van der Waals surface area contributed by atoms with Gasteiger partial charge < -0.3 is 10.2 Å². The Kier molecular flexibility index (Phi) is 5.47. The summed E-state index contributed by atoms with van der Waals surface area (Å²) in [5.74, 6) is -0.0702. The fourth-order valence-electron chi connectivity index (χ4n) is 2.14. The van der Waals surface area contributed by atoms with Gasteiger partial charge in [0.2, 0.25) is 11.8 Å². The van der Waals surface area contributed by atoms with Crippen molar-refractivity contribution in [3.63, 3.8) is 0 Å². The maximum absolute atomic E-state index is 12.0. The average molecular weight is 292 g/mol. The molecule has 0 aliphatic carbocycles. The van der Waals surface area contributed by atoms with E-state index in [1.807, 2.05) is 42.2 Å². The molecule has 108 valence electrons. The number of amides is 2. The fraction of sp³-hybridized carbons (Fsp3) is 0.467. The normalized spacial score (nSPS) is 15.9. The molecule has 1 saturated heterocycles. The van der Waals surface area contributed by atoms with Gasteiger partial charge in [-0.15, -0.1) is 11.8 Å². The molecule has 1 aliphatic heterocycles. The predicted molar refractivity (Wildman–Crippen MR) is 80.6 cm³/mol. The lowest BCUT2D eigenvalue weighted by Crippen LogP contribution is -2.41. The number of nitrogens with one attached hydrogen (secondary N) is 1. The molecule has 0 unspecified atom stereocenters. The van der Waals surface area contributed by atoms with E-state index in [-0.39, 0.29) is 23.6 Å². The summed E-state index contributed by atoms with van der Waals surface area (Å²) in [5.41, 5.74) is 0. The van der Waals surface area contributed by atoms with E-state index in [0.717, 1.165) is 30.8 Å². The Balaban J connectivity index is 1.75. The number of rotatable bonds is 5. The van der Waals surface area contributed by atoms with Gasteiger partial charge in [0.25, 0.3) is 0 Å². The average Bonchev–Trinajstić information content (AvgIpc) is 2.99. The number of hydrogen-bond acceptors (Lipinski definition) is 3. The lowest BCUT2D eigenvalue weighted by molar-refractivity contribution is -0.131. The van der Waals surface area contributed by atoms with Gasteiger partial charge in [0.15, 0.2) is 0 Å². The summed E-state index contributed by atoms with van der Waals surface area (Å²) in [6.07, 6.45) is 2.14. The number of carbonyl (C=O) groups is 2. The van der Waals surface area contributed by atoms with Crippen LogP contribution in [0, 0.1) is 0 Å². The van der Waals surface area contributed by atoms with Gasteiger partial charge in [0.1, 0.15) is 0 Å². The third-order valence-electron chi connectivity index (χ3n) is 3.30. The zero-order valence-electron chi connectivity index (χ0n) is 11.7. The van der Waals surface area contributed by atoms with Gasteiger partial charge in [0, 0.05) is 18.0 Å². The van der Waals surface area contributed by atoms with E-state index in [2.05, 4.69) is 5.32 Å². The van der Waals surface area contributed by atoms with Crippen molar-refractivity contribution >= 4 is 23.6 Å². The lowest BCUT2D eigenvalue weighted by Gasteiger charge is -2.17. The minimum atomic E-state index is -0.205. The van der Waals surface area contributed by atoms with E-state index >= 15 is 0 Å². The van der Waals surface area contributed by atoms with Crippen LogP contribution in [0.1, 0.15) is 19.8 Å². The van der Waals surface area contributed by atoms with E-state index < -0.39 is 0 Å². The first-order valence-electron chi connectivity index (χ1n) is 6.94. The van der Waals surface area contributed by atoms with E-state index in [4.69, 9.17) is 0 Å². The number of nitrogens with zero attached hydrogens (tertiary/aromatic N) is 1. The van der Waals surface area contributed by atoms with Gasteiger partial charge in [0.05, 0.1) is 11.8 Å². The first kappa shape index (κ1) is 14.9. The summed E-state index contributed by atoms with van der Waals surface area (Å²) in [7, 11) is 0. The highest BCUT2D eigenvalue weighted by atomic mass is 32.2. The largest absolute Gasteiger partial charge is 0.346 e. The molecule has 1 aromatic carbocycles. The molecule has 20 heavy (non-hydrogen) atoms. The molecule has 0 spiro atoms. The summed E-state index contributed by atoms with van der Waals surface area (Å²) in [4.78, 5) is 26.7. The first-order chi connectivity index (χ1) is 9.66. The Labute approximate surface area is 123 Å². The number of likely N-dealkylation sites (tertiary alicyclic amines) is 1. The quantitative estimate of drug-likeness (QED) is 0.843. The Hall–Kier alpha value is -1.49. The molecule has 2 rings (SSSR count). The highest BCUT2D eigenvalue weighted by molar-refractivity contribution is 8.00. The molecule has 0 aromatic heterocycles. The van der Waals surface area contributed by atoms with Crippen molar-refractivity contribution in [2.24, 2.45) is 0 Å². The number of hydrogen-bond donors (Lipinski definition) is 1. The molecule has 1 aromatic rings. The molecule has 1 fully saturated rings. The summed E-state index contributed by atoms with van der Waals surface area (Å²) >= 11 is 1.50. The molecule has 0 saturated carbocycles. The van der Waals surface area contributed by atoms with E-state index in [9.17, 15) is 9.59 Å². The molecule has 1 heterocycles. The predicted octanol–water partition coefficient (Wildman–Crippen LogP) is 1.91. The van der Waals surface area contributed by atoms with Crippen molar-refractivity contribution in [3.05, 3.63) is 30.3 Å². The highest BCUT2D eigenvalue weighted by Crippen LogP contribution is 2.22. The van der Waals surface area contributed by atoms with Gasteiger partial charge >= 0.3 is 0 Å². The molecule has 1 atom stereocenters. The van der Waals surface area contributed by atoms with Crippen molar-refractivity contribution in [2.45, 2.75) is 29.9 Å². The molecule has 0 bridgehead atoms. The molecule has 5 heteroatoms. The van der Waals surface area contributed by atoms with Crippen molar-refractivity contribution in [1.82, 2.24) is 10.2 Å². The summed E-state index contributed by atoms with van der Waals surface area (Å²) < 4.78 is 0. The number of thioether (sulfide) groups is 1. The third-order valence-corrected chi connectivity index (χ3v) is 4.41. The zero-order valence-corrected chi connectivity index (χ0v) is 12.5. The molecule has 0 radical (unpaired) electrons. The van der Waals surface area contributed by atoms with Crippen LogP contribution in [-0.4, -0.2) is 41.6 Å².